The molecule has 2 saturated heterocycles. The van der Waals surface area contributed by atoms with Crippen LogP contribution in [0.5, 0.6) is 0 Å². The van der Waals surface area contributed by atoms with Crippen molar-refractivity contribution in [1.82, 2.24) is 15.1 Å². The van der Waals surface area contributed by atoms with E-state index >= 15 is 0 Å². The number of nitrogens with zero attached hydrogens (tertiary/aromatic N) is 2. The van der Waals surface area contributed by atoms with Gasteiger partial charge in [0.25, 0.3) is 0 Å². The lowest BCUT2D eigenvalue weighted by atomic mass is 9.94. The number of hydrogen-bond acceptors (Lipinski definition) is 4. The predicted molar refractivity (Wildman–Crippen MR) is 86.6 cm³/mol. The third kappa shape index (κ3) is 4.92. The fourth-order valence-corrected chi connectivity index (χ4v) is 3.73. The predicted octanol–water partition coefficient (Wildman–Crippen LogP) is 1.42. The summed E-state index contributed by atoms with van der Waals surface area (Å²) in [7, 11) is 0. The maximum Gasteiger partial charge on any atom is 0.0521 e. The molecule has 0 aromatic carbocycles. The lowest BCUT2D eigenvalue weighted by molar-refractivity contribution is 0.00860. The molecular weight excluding hydrogens is 262 g/mol. The second-order valence-electron chi connectivity index (χ2n) is 7.23. The van der Waals surface area contributed by atoms with E-state index in [9.17, 15) is 0 Å². The third-order valence-electron chi connectivity index (χ3n) is 5.30. The normalized spacial score (nSPS) is 32.4. The number of rotatable bonds is 7. The number of nitrogens with one attached hydrogen (secondary N) is 1. The summed E-state index contributed by atoms with van der Waals surface area (Å²) in [5, 5.41) is 3.74. The molecule has 0 aromatic heterocycles. The minimum Gasteiger partial charge on any atom is -0.381 e. The minimum atomic E-state index is 0.670. The van der Waals surface area contributed by atoms with E-state index in [0.717, 1.165) is 25.7 Å². The van der Waals surface area contributed by atoms with Crippen LogP contribution in [0.2, 0.25) is 0 Å². The molecule has 0 aromatic rings. The maximum absolute atomic E-state index is 5.74. The number of piperazine rings is 1. The van der Waals surface area contributed by atoms with Crippen molar-refractivity contribution in [3.8, 4) is 0 Å². The van der Waals surface area contributed by atoms with E-state index in [0.29, 0.717) is 12.0 Å². The fraction of sp³-hybridized carbons (Fsp3) is 1.00. The molecule has 3 aliphatic rings. The SMILES string of the molecule is CCCNC1CCOCC1CN1CCN(CC2CC2)CC1. The summed E-state index contributed by atoms with van der Waals surface area (Å²) in [5.41, 5.74) is 0. The molecule has 21 heavy (non-hydrogen) atoms. The standard InChI is InChI=1S/C17H33N3O/c1-2-6-18-17-5-11-21-14-16(17)13-20-9-7-19(8-10-20)12-15-3-4-15/h15-18H,2-14H2,1H3. The van der Waals surface area contributed by atoms with Crippen LogP contribution in [-0.4, -0.2) is 74.9 Å². The summed E-state index contributed by atoms with van der Waals surface area (Å²) >= 11 is 0. The molecule has 0 spiro atoms. The zero-order valence-corrected chi connectivity index (χ0v) is 13.7. The Bertz CT molecular complexity index is 300. The van der Waals surface area contributed by atoms with Gasteiger partial charge in [0.15, 0.2) is 0 Å². The van der Waals surface area contributed by atoms with Gasteiger partial charge in [0.1, 0.15) is 0 Å². The van der Waals surface area contributed by atoms with Crippen molar-refractivity contribution in [2.45, 2.75) is 38.6 Å². The molecule has 4 heteroatoms. The largest absolute Gasteiger partial charge is 0.381 e. The quantitative estimate of drug-likeness (QED) is 0.769. The Morgan fingerprint density at radius 1 is 1.00 bits per heavy atom. The van der Waals surface area contributed by atoms with Gasteiger partial charge in [-0.2, -0.15) is 0 Å². The summed E-state index contributed by atoms with van der Waals surface area (Å²) in [6.45, 7) is 12.9. The highest BCUT2D eigenvalue weighted by Gasteiger charge is 2.30. The minimum absolute atomic E-state index is 0.670. The van der Waals surface area contributed by atoms with Crippen LogP contribution in [0.3, 0.4) is 0 Å². The zero-order valence-electron chi connectivity index (χ0n) is 13.7. The highest BCUT2D eigenvalue weighted by atomic mass is 16.5. The Balaban J connectivity index is 1.40. The van der Waals surface area contributed by atoms with Crippen molar-refractivity contribution in [3.63, 3.8) is 0 Å². The van der Waals surface area contributed by atoms with Gasteiger partial charge in [-0.05, 0) is 38.1 Å². The molecule has 2 heterocycles. The van der Waals surface area contributed by atoms with Crippen molar-refractivity contribution in [2.24, 2.45) is 11.8 Å². The molecule has 1 aliphatic carbocycles. The summed E-state index contributed by atoms with van der Waals surface area (Å²) in [4.78, 5) is 5.35. The second-order valence-corrected chi connectivity index (χ2v) is 7.23. The van der Waals surface area contributed by atoms with Crippen molar-refractivity contribution < 1.29 is 4.74 Å². The van der Waals surface area contributed by atoms with Gasteiger partial charge >= 0.3 is 0 Å². The van der Waals surface area contributed by atoms with Crippen LogP contribution in [0.15, 0.2) is 0 Å². The first kappa shape index (κ1) is 15.7. The van der Waals surface area contributed by atoms with Gasteiger partial charge < -0.3 is 19.9 Å². The van der Waals surface area contributed by atoms with Crippen LogP contribution in [0.1, 0.15) is 32.6 Å². The van der Waals surface area contributed by atoms with Gasteiger partial charge in [0.05, 0.1) is 6.61 Å². The van der Waals surface area contributed by atoms with Crippen LogP contribution < -0.4 is 5.32 Å². The lowest BCUT2D eigenvalue weighted by Gasteiger charge is -2.40. The van der Waals surface area contributed by atoms with E-state index in [2.05, 4.69) is 22.0 Å². The molecule has 0 bridgehead atoms. The van der Waals surface area contributed by atoms with Crippen molar-refractivity contribution >= 4 is 0 Å². The maximum atomic E-state index is 5.74. The molecular formula is C17H33N3O. The first-order valence-corrected chi connectivity index (χ1v) is 9.11. The Morgan fingerprint density at radius 3 is 2.38 bits per heavy atom. The molecule has 0 amide bonds. The average molecular weight is 295 g/mol. The first-order valence-electron chi connectivity index (χ1n) is 9.11. The first-order chi connectivity index (χ1) is 10.3. The summed E-state index contributed by atoms with van der Waals surface area (Å²) in [5.74, 6) is 1.71. The smallest absolute Gasteiger partial charge is 0.0521 e. The summed E-state index contributed by atoms with van der Waals surface area (Å²) in [6, 6.07) is 0.670. The van der Waals surface area contributed by atoms with Crippen molar-refractivity contribution in [1.29, 1.82) is 0 Å². The van der Waals surface area contributed by atoms with Crippen molar-refractivity contribution in [3.05, 3.63) is 0 Å². The monoisotopic (exact) mass is 295 g/mol. The molecule has 3 rings (SSSR count). The van der Waals surface area contributed by atoms with Crippen LogP contribution in [0, 0.1) is 11.8 Å². The number of ether oxygens (including phenoxy) is 1. The average Bonchev–Trinajstić information content (AvgIpc) is 3.32. The van der Waals surface area contributed by atoms with Gasteiger partial charge in [-0.1, -0.05) is 6.92 Å². The molecule has 2 atom stereocenters. The topological polar surface area (TPSA) is 27.7 Å². The highest BCUT2D eigenvalue weighted by molar-refractivity contribution is 4.85. The molecule has 122 valence electrons. The molecule has 1 N–H and O–H groups in total. The third-order valence-corrected chi connectivity index (χ3v) is 5.30. The van der Waals surface area contributed by atoms with Crippen LogP contribution in [0.4, 0.5) is 0 Å². The molecule has 0 radical (unpaired) electrons. The molecule has 3 fully saturated rings. The zero-order chi connectivity index (χ0) is 14.5. The van der Waals surface area contributed by atoms with E-state index in [-0.39, 0.29) is 0 Å². The Hall–Kier alpha value is -0.160. The lowest BCUT2D eigenvalue weighted by Crippen LogP contribution is -2.52. The Labute approximate surface area is 130 Å². The van der Waals surface area contributed by atoms with Gasteiger partial charge in [-0.3, -0.25) is 0 Å². The Morgan fingerprint density at radius 2 is 1.71 bits per heavy atom. The van der Waals surface area contributed by atoms with E-state index in [1.165, 1.54) is 65.0 Å². The van der Waals surface area contributed by atoms with Crippen LogP contribution in [-0.2, 0) is 4.74 Å². The van der Waals surface area contributed by atoms with E-state index in [4.69, 9.17) is 4.74 Å². The van der Waals surface area contributed by atoms with E-state index in [1.807, 2.05) is 0 Å². The molecule has 2 aliphatic heterocycles. The van der Waals surface area contributed by atoms with E-state index < -0.39 is 0 Å². The van der Waals surface area contributed by atoms with Crippen LogP contribution in [0.25, 0.3) is 0 Å². The summed E-state index contributed by atoms with van der Waals surface area (Å²) in [6.07, 6.45) is 5.37. The van der Waals surface area contributed by atoms with E-state index in [1.54, 1.807) is 0 Å². The molecule has 1 saturated carbocycles. The second kappa shape index (κ2) is 7.91. The highest BCUT2D eigenvalue weighted by Crippen LogP contribution is 2.30. The van der Waals surface area contributed by atoms with Gasteiger partial charge in [-0.25, -0.2) is 0 Å². The Kier molecular flexibility index (Phi) is 5.92. The molecule has 2 unspecified atom stereocenters. The molecule has 4 nitrogen and oxygen atoms in total. The van der Waals surface area contributed by atoms with Crippen molar-refractivity contribution in [2.75, 3.05) is 59.0 Å². The van der Waals surface area contributed by atoms with Gasteiger partial charge in [-0.15, -0.1) is 0 Å². The van der Waals surface area contributed by atoms with Gasteiger partial charge in [0.2, 0.25) is 0 Å². The number of hydrogen-bond donors (Lipinski definition) is 1. The van der Waals surface area contributed by atoms with Gasteiger partial charge in [0, 0.05) is 57.8 Å². The van der Waals surface area contributed by atoms with Crippen LogP contribution >= 0.6 is 0 Å². The summed E-state index contributed by atoms with van der Waals surface area (Å²) < 4.78 is 5.74. The fourth-order valence-electron chi connectivity index (χ4n) is 3.73.